The van der Waals surface area contributed by atoms with Gasteiger partial charge in [-0.25, -0.2) is 0 Å². The molecule has 2 N–H and O–H groups in total. The van der Waals surface area contributed by atoms with Gasteiger partial charge < -0.3 is 10.6 Å². The van der Waals surface area contributed by atoms with Crippen LogP contribution in [-0.2, 0) is 6.54 Å². The number of aromatic nitrogens is 2. The van der Waals surface area contributed by atoms with Crippen molar-refractivity contribution in [2.24, 2.45) is 0 Å². The van der Waals surface area contributed by atoms with Gasteiger partial charge in [-0.15, -0.1) is 11.3 Å². The molecule has 3 aromatic rings. The summed E-state index contributed by atoms with van der Waals surface area (Å²) in [5.74, 6) is -0.0462. The molecule has 0 saturated heterocycles. The zero-order valence-corrected chi connectivity index (χ0v) is 15.2. The van der Waals surface area contributed by atoms with E-state index in [0.717, 1.165) is 33.0 Å². The van der Waals surface area contributed by atoms with E-state index in [1.807, 2.05) is 49.0 Å². The number of carbonyl (C=O) groups is 1. The van der Waals surface area contributed by atoms with Gasteiger partial charge in [-0.1, -0.05) is 29.8 Å². The van der Waals surface area contributed by atoms with Crippen LogP contribution in [0.1, 0.15) is 20.9 Å². The first-order valence-electron chi connectivity index (χ1n) is 7.73. The van der Waals surface area contributed by atoms with Crippen LogP contribution in [0.15, 0.2) is 30.3 Å². The van der Waals surface area contributed by atoms with Crippen molar-refractivity contribution in [3.05, 3.63) is 51.5 Å². The first-order valence-corrected chi connectivity index (χ1v) is 8.92. The molecule has 3 rings (SSSR count). The molecule has 2 aromatic heterocycles. The molecule has 0 aliphatic heterocycles. The maximum Gasteiger partial charge on any atom is 0.261 e. The number of aryl methyl sites for hydroxylation is 1. The standard InChI is InChI=1S/C17H19ClN4OS/c1-11-13-9-15(16(23)20-8-7-19-2)24-17(13)22(21-11)10-12-5-3-4-6-14(12)18/h3-6,9,19H,7-8,10H2,1-2H3,(H,20,23). The Morgan fingerprint density at radius 2 is 2.12 bits per heavy atom. The van der Waals surface area contributed by atoms with Crippen LogP contribution in [0.5, 0.6) is 0 Å². The highest BCUT2D eigenvalue weighted by molar-refractivity contribution is 7.20. The normalized spacial score (nSPS) is 11.1. The molecule has 5 nitrogen and oxygen atoms in total. The molecular weight excluding hydrogens is 344 g/mol. The van der Waals surface area contributed by atoms with Gasteiger partial charge in [-0.2, -0.15) is 5.10 Å². The molecular formula is C17H19ClN4OS. The van der Waals surface area contributed by atoms with Crippen molar-refractivity contribution < 1.29 is 4.79 Å². The molecule has 2 heterocycles. The van der Waals surface area contributed by atoms with Gasteiger partial charge in [-0.3, -0.25) is 9.48 Å². The van der Waals surface area contributed by atoms with Crippen molar-refractivity contribution in [3.63, 3.8) is 0 Å². The summed E-state index contributed by atoms with van der Waals surface area (Å²) in [6.07, 6.45) is 0. The summed E-state index contributed by atoms with van der Waals surface area (Å²) in [6.45, 7) is 3.90. The van der Waals surface area contributed by atoms with Crippen LogP contribution >= 0.6 is 22.9 Å². The SMILES string of the molecule is CNCCNC(=O)c1cc2c(C)nn(Cc3ccccc3Cl)c2s1. The number of halogens is 1. The van der Waals surface area contributed by atoms with Crippen molar-refractivity contribution in [1.29, 1.82) is 0 Å². The van der Waals surface area contributed by atoms with Gasteiger partial charge >= 0.3 is 0 Å². The second kappa shape index (κ2) is 7.34. The largest absolute Gasteiger partial charge is 0.350 e. The lowest BCUT2D eigenvalue weighted by molar-refractivity contribution is 0.0958. The maximum absolute atomic E-state index is 12.2. The van der Waals surface area contributed by atoms with Gasteiger partial charge in [0, 0.05) is 23.5 Å². The molecule has 0 unspecified atom stereocenters. The molecule has 0 aliphatic carbocycles. The van der Waals surface area contributed by atoms with E-state index in [1.165, 1.54) is 11.3 Å². The third-order valence-electron chi connectivity index (χ3n) is 3.77. The molecule has 0 bridgehead atoms. The van der Waals surface area contributed by atoms with Crippen molar-refractivity contribution >= 4 is 39.1 Å². The monoisotopic (exact) mass is 362 g/mol. The molecule has 7 heteroatoms. The Morgan fingerprint density at radius 1 is 1.33 bits per heavy atom. The topological polar surface area (TPSA) is 58.9 Å². The predicted octanol–water partition coefficient (Wildman–Crippen LogP) is 3.06. The van der Waals surface area contributed by atoms with Crippen LogP contribution in [0.25, 0.3) is 10.2 Å². The van der Waals surface area contributed by atoms with Crippen molar-refractivity contribution in [1.82, 2.24) is 20.4 Å². The summed E-state index contributed by atoms with van der Waals surface area (Å²) in [5, 5.41) is 12.2. The van der Waals surface area contributed by atoms with E-state index in [0.29, 0.717) is 18.0 Å². The number of amides is 1. The molecule has 0 aliphatic rings. The fourth-order valence-electron chi connectivity index (χ4n) is 2.51. The predicted molar refractivity (Wildman–Crippen MR) is 99.2 cm³/mol. The number of rotatable bonds is 6. The zero-order chi connectivity index (χ0) is 17.1. The minimum absolute atomic E-state index is 0.0462. The summed E-state index contributed by atoms with van der Waals surface area (Å²) in [5.41, 5.74) is 1.93. The number of hydrogen-bond acceptors (Lipinski definition) is 4. The Morgan fingerprint density at radius 3 is 2.88 bits per heavy atom. The molecule has 1 amide bonds. The van der Waals surface area contributed by atoms with Gasteiger partial charge in [0.05, 0.1) is 17.1 Å². The van der Waals surface area contributed by atoms with Crippen LogP contribution < -0.4 is 10.6 Å². The molecule has 0 saturated carbocycles. The Labute approximate surface area is 149 Å². The lowest BCUT2D eigenvalue weighted by Crippen LogP contribution is -2.29. The third-order valence-corrected chi connectivity index (χ3v) is 5.29. The number of nitrogens with zero attached hydrogens (tertiary/aromatic N) is 2. The fourth-order valence-corrected chi connectivity index (χ4v) is 3.78. The summed E-state index contributed by atoms with van der Waals surface area (Å²) in [6, 6.07) is 9.65. The van der Waals surface area contributed by atoms with E-state index in [2.05, 4.69) is 15.7 Å². The minimum atomic E-state index is -0.0462. The van der Waals surface area contributed by atoms with Crippen LogP contribution in [-0.4, -0.2) is 35.8 Å². The van der Waals surface area contributed by atoms with Crippen molar-refractivity contribution in [2.45, 2.75) is 13.5 Å². The Bertz CT molecular complexity index is 871. The van der Waals surface area contributed by atoms with Crippen LogP contribution in [0.4, 0.5) is 0 Å². The first kappa shape index (κ1) is 17.0. The number of carbonyl (C=O) groups excluding carboxylic acids is 1. The first-order chi connectivity index (χ1) is 11.6. The molecule has 0 spiro atoms. The number of likely N-dealkylation sites (N-methyl/N-ethyl adjacent to an activating group) is 1. The minimum Gasteiger partial charge on any atom is -0.350 e. The number of benzene rings is 1. The van der Waals surface area contributed by atoms with E-state index in [4.69, 9.17) is 11.6 Å². The average Bonchev–Trinajstić information content (AvgIpc) is 3.12. The number of nitrogens with one attached hydrogen (secondary N) is 2. The second-order valence-corrected chi connectivity index (χ2v) is 6.96. The van der Waals surface area contributed by atoms with Crippen LogP contribution in [0.3, 0.4) is 0 Å². The smallest absolute Gasteiger partial charge is 0.261 e. The van der Waals surface area contributed by atoms with Crippen LogP contribution in [0, 0.1) is 6.92 Å². The highest BCUT2D eigenvalue weighted by atomic mass is 35.5. The maximum atomic E-state index is 12.2. The summed E-state index contributed by atoms with van der Waals surface area (Å²) in [4.78, 5) is 13.9. The van der Waals surface area contributed by atoms with Gasteiger partial charge in [0.15, 0.2) is 0 Å². The third kappa shape index (κ3) is 3.45. The molecule has 1 aromatic carbocycles. The van der Waals surface area contributed by atoms with Gasteiger partial charge in [-0.05, 0) is 31.7 Å². The lowest BCUT2D eigenvalue weighted by atomic mass is 10.2. The van der Waals surface area contributed by atoms with Crippen molar-refractivity contribution in [3.8, 4) is 0 Å². The summed E-state index contributed by atoms with van der Waals surface area (Å²) in [7, 11) is 1.86. The Kier molecular flexibility index (Phi) is 5.18. The highest BCUT2D eigenvalue weighted by Gasteiger charge is 2.16. The highest BCUT2D eigenvalue weighted by Crippen LogP contribution is 2.29. The van der Waals surface area contributed by atoms with E-state index < -0.39 is 0 Å². The van der Waals surface area contributed by atoms with Crippen LogP contribution in [0.2, 0.25) is 5.02 Å². The van der Waals surface area contributed by atoms with E-state index in [-0.39, 0.29) is 5.91 Å². The fraction of sp³-hybridized carbons (Fsp3) is 0.294. The quantitative estimate of drug-likeness (QED) is 0.662. The van der Waals surface area contributed by atoms with E-state index in [9.17, 15) is 4.79 Å². The average molecular weight is 363 g/mol. The molecule has 0 radical (unpaired) electrons. The lowest BCUT2D eigenvalue weighted by Gasteiger charge is -2.05. The Balaban J connectivity index is 1.87. The summed E-state index contributed by atoms with van der Waals surface area (Å²) >= 11 is 7.71. The van der Waals surface area contributed by atoms with E-state index in [1.54, 1.807) is 0 Å². The number of hydrogen-bond donors (Lipinski definition) is 2. The van der Waals surface area contributed by atoms with Gasteiger partial charge in [0.1, 0.15) is 4.83 Å². The Hall–Kier alpha value is -1.89. The molecule has 24 heavy (non-hydrogen) atoms. The molecule has 126 valence electrons. The second-order valence-electron chi connectivity index (χ2n) is 5.52. The van der Waals surface area contributed by atoms with Gasteiger partial charge in [0.2, 0.25) is 0 Å². The number of fused-ring (bicyclic) bond motifs is 1. The number of thiophene rings is 1. The van der Waals surface area contributed by atoms with E-state index >= 15 is 0 Å². The zero-order valence-electron chi connectivity index (χ0n) is 13.6. The molecule has 0 fully saturated rings. The van der Waals surface area contributed by atoms with Gasteiger partial charge in [0.25, 0.3) is 5.91 Å². The van der Waals surface area contributed by atoms with Crippen molar-refractivity contribution in [2.75, 3.05) is 20.1 Å². The molecule has 0 atom stereocenters. The summed E-state index contributed by atoms with van der Waals surface area (Å²) < 4.78 is 1.92.